The number of halogens is 2. The molecule has 0 radical (unpaired) electrons. The summed E-state index contributed by atoms with van der Waals surface area (Å²) >= 11 is 11.8. The highest BCUT2D eigenvalue weighted by molar-refractivity contribution is 7.89. The van der Waals surface area contributed by atoms with Gasteiger partial charge in [0.15, 0.2) is 0 Å². The number of hydrogen-bond acceptors (Lipinski definition) is 4. The van der Waals surface area contributed by atoms with E-state index in [1.54, 1.807) is 0 Å². The lowest BCUT2D eigenvalue weighted by Gasteiger charge is -2.39. The molecular formula is C20H29Cl2N3O3S. The maximum absolute atomic E-state index is 12.9. The number of sulfonamides is 1. The number of rotatable bonds is 5. The van der Waals surface area contributed by atoms with Crippen LogP contribution in [0.15, 0.2) is 23.1 Å². The molecule has 162 valence electrons. The fourth-order valence-corrected chi connectivity index (χ4v) is 5.80. The third-order valence-electron chi connectivity index (χ3n) is 5.96. The van der Waals surface area contributed by atoms with E-state index in [0.29, 0.717) is 36.7 Å². The Bertz CT molecular complexity index is 831. The molecule has 1 aromatic rings. The van der Waals surface area contributed by atoms with Gasteiger partial charge in [-0.1, -0.05) is 23.2 Å². The van der Waals surface area contributed by atoms with Crippen molar-refractivity contribution in [3.8, 4) is 0 Å². The van der Waals surface area contributed by atoms with E-state index in [1.165, 1.54) is 18.2 Å². The minimum absolute atomic E-state index is 0.00803. The molecule has 29 heavy (non-hydrogen) atoms. The van der Waals surface area contributed by atoms with E-state index in [1.807, 2.05) is 4.90 Å². The maximum Gasteiger partial charge on any atom is 0.240 e. The fraction of sp³-hybridized carbons (Fsp3) is 0.650. The molecule has 0 spiro atoms. The molecule has 1 heterocycles. The van der Waals surface area contributed by atoms with Crippen molar-refractivity contribution in [1.29, 1.82) is 0 Å². The van der Waals surface area contributed by atoms with E-state index in [0.717, 1.165) is 26.2 Å². The molecule has 6 nitrogen and oxygen atoms in total. The predicted molar refractivity (Wildman–Crippen MR) is 116 cm³/mol. The van der Waals surface area contributed by atoms with E-state index in [-0.39, 0.29) is 27.8 Å². The van der Waals surface area contributed by atoms with Gasteiger partial charge in [-0.05, 0) is 57.7 Å². The van der Waals surface area contributed by atoms with E-state index in [2.05, 4.69) is 23.5 Å². The van der Waals surface area contributed by atoms with Gasteiger partial charge in [0.05, 0.1) is 14.9 Å². The molecular weight excluding hydrogens is 433 g/mol. The second-order valence-electron chi connectivity index (χ2n) is 8.20. The molecule has 1 saturated carbocycles. The Morgan fingerprint density at radius 2 is 1.66 bits per heavy atom. The standard InChI is InChI=1S/C20H29Cl2N3O3S/c1-14(2)24-9-11-25(12-10-24)20(26)15-3-5-16(6-4-15)23-29(27,28)17-7-8-18(21)19(22)13-17/h7-8,13-16,23H,3-6,9-12H2,1-2H3/t15-,16-. The molecule has 1 aromatic carbocycles. The molecule has 0 bridgehead atoms. The Balaban J connectivity index is 1.51. The monoisotopic (exact) mass is 461 g/mol. The van der Waals surface area contributed by atoms with Crippen molar-refractivity contribution in [3.05, 3.63) is 28.2 Å². The van der Waals surface area contributed by atoms with Crippen LogP contribution < -0.4 is 4.72 Å². The van der Waals surface area contributed by atoms with Crippen LogP contribution >= 0.6 is 23.2 Å². The summed E-state index contributed by atoms with van der Waals surface area (Å²) in [6.07, 6.45) is 2.72. The zero-order chi connectivity index (χ0) is 21.2. The summed E-state index contributed by atoms with van der Waals surface area (Å²) in [6.45, 7) is 7.75. The van der Waals surface area contributed by atoms with Crippen molar-refractivity contribution in [2.24, 2.45) is 5.92 Å². The van der Waals surface area contributed by atoms with Gasteiger partial charge < -0.3 is 4.90 Å². The van der Waals surface area contributed by atoms with Crippen molar-refractivity contribution in [1.82, 2.24) is 14.5 Å². The Morgan fingerprint density at radius 1 is 1.03 bits per heavy atom. The van der Waals surface area contributed by atoms with Gasteiger partial charge in [-0.15, -0.1) is 0 Å². The molecule has 1 amide bonds. The molecule has 0 aromatic heterocycles. The van der Waals surface area contributed by atoms with Crippen LogP contribution in [0.4, 0.5) is 0 Å². The first kappa shape index (κ1) is 22.8. The van der Waals surface area contributed by atoms with Crippen LogP contribution in [0.2, 0.25) is 10.0 Å². The Kier molecular flexibility index (Phi) is 7.49. The van der Waals surface area contributed by atoms with Gasteiger partial charge in [0.2, 0.25) is 15.9 Å². The normalized spacial score (nSPS) is 24.1. The Morgan fingerprint density at radius 3 is 2.21 bits per heavy atom. The van der Waals surface area contributed by atoms with Crippen molar-refractivity contribution in [2.75, 3.05) is 26.2 Å². The average Bonchev–Trinajstić information content (AvgIpc) is 2.70. The van der Waals surface area contributed by atoms with E-state index >= 15 is 0 Å². The van der Waals surface area contributed by atoms with E-state index in [4.69, 9.17) is 23.2 Å². The molecule has 0 unspecified atom stereocenters. The van der Waals surface area contributed by atoms with Crippen molar-refractivity contribution in [3.63, 3.8) is 0 Å². The first-order valence-corrected chi connectivity index (χ1v) is 12.4. The van der Waals surface area contributed by atoms with Crippen LogP contribution in [0.3, 0.4) is 0 Å². The smallest absolute Gasteiger partial charge is 0.240 e. The van der Waals surface area contributed by atoms with Crippen LogP contribution in [0, 0.1) is 5.92 Å². The number of nitrogens with zero attached hydrogens (tertiary/aromatic N) is 2. The summed E-state index contributed by atoms with van der Waals surface area (Å²) in [5.74, 6) is 0.213. The van der Waals surface area contributed by atoms with Crippen LogP contribution in [0.25, 0.3) is 0 Å². The van der Waals surface area contributed by atoms with Gasteiger partial charge in [-0.25, -0.2) is 13.1 Å². The van der Waals surface area contributed by atoms with Crippen molar-refractivity contribution in [2.45, 2.75) is 56.5 Å². The molecule has 1 aliphatic heterocycles. The molecule has 3 rings (SSSR count). The van der Waals surface area contributed by atoms with Crippen LogP contribution in [0.5, 0.6) is 0 Å². The second kappa shape index (κ2) is 9.52. The molecule has 2 fully saturated rings. The van der Waals surface area contributed by atoms with Gasteiger partial charge >= 0.3 is 0 Å². The maximum atomic E-state index is 12.9. The molecule has 9 heteroatoms. The highest BCUT2D eigenvalue weighted by Gasteiger charge is 2.33. The number of carbonyl (C=O) groups is 1. The quantitative estimate of drug-likeness (QED) is 0.729. The van der Waals surface area contributed by atoms with Crippen LogP contribution in [-0.2, 0) is 14.8 Å². The fourth-order valence-electron chi connectivity index (χ4n) is 4.11. The summed E-state index contributed by atoms with van der Waals surface area (Å²) in [5, 5.41) is 0.528. The second-order valence-corrected chi connectivity index (χ2v) is 10.7. The highest BCUT2D eigenvalue weighted by Crippen LogP contribution is 2.29. The summed E-state index contributed by atoms with van der Waals surface area (Å²) in [4.78, 5) is 17.3. The highest BCUT2D eigenvalue weighted by atomic mass is 35.5. The number of hydrogen-bond donors (Lipinski definition) is 1. The molecule has 2 aliphatic rings. The van der Waals surface area contributed by atoms with Crippen molar-refractivity contribution >= 4 is 39.1 Å². The Labute approximate surface area is 183 Å². The first-order chi connectivity index (χ1) is 13.7. The zero-order valence-electron chi connectivity index (χ0n) is 16.9. The van der Waals surface area contributed by atoms with Gasteiger partial charge in [-0.3, -0.25) is 9.69 Å². The number of benzene rings is 1. The number of amides is 1. The van der Waals surface area contributed by atoms with E-state index < -0.39 is 10.0 Å². The van der Waals surface area contributed by atoms with Gasteiger partial charge in [0.1, 0.15) is 0 Å². The third kappa shape index (κ3) is 5.64. The minimum Gasteiger partial charge on any atom is -0.340 e. The Hall–Kier alpha value is -0.860. The first-order valence-electron chi connectivity index (χ1n) is 10.2. The minimum atomic E-state index is -3.67. The van der Waals surface area contributed by atoms with Crippen LogP contribution in [0.1, 0.15) is 39.5 Å². The topological polar surface area (TPSA) is 69.7 Å². The number of carbonyl (C=O) groups excluding carboxylic acids is 1. The number of piperazine rings is 1. The lowest BCUT2D eigenvalue weighted by molar-refractivity contribution is -0.138. The lowest BCUT2D eigenvalue weighted by Crippen LogP contribution is -2.52. The molecule has 0 atom stereocenters. The van der Waals surface area contributed by atoms with E-state index in [9.17, 15) is 13.2 Å². The summed E-state index contributed by atoms with van der Waals surface area (Å²) in [5.41, 5.74) is 0. The average molecular weight is 462 g/mol. The summed E-state index contributed by atoms with van der Waals surface area (Å²) < 4.78 is 28.0. The predicted octanol–water partition coefficient (Wildman–Crippen LogP) is 3.38. The lowest BCUT2D eigenvalue weighted by atomic mass is 9.85. The zero-order valence-corrected chi connectivity index (χ0v) is 19.2. The molecule has 1 N–H and O–H groups in total. The largest absolute Gasteiger partial charge is 0.340 e. The summed E-state index contributed by atoms with van der Waals surface area (Å²) in [6, 6.07) is 4.62. The van der Waals surface area contributed by atoms with Crippen LogP contribution in [-0.4, -0.2) is 62.4 Å². The molecule has 1 aliphatic carbocycles. The molecule has 1 saturated heterocycles. The van der Waals surface area contributed by atoms with Gasteiger partial charge in [-0.2, -0.15) is 0 Å². The van der Waals surface area contributed by atoms with Gasteiger partial charge in [0, 0.05) is 44.2 Å². The summed E-state index contributed by atoms with van der Waals surface area (Å²) in [7, 11) is -3.67. The third-order valence-corrected chi connectivity index (χ3v) is 8.21. The van der Waals surface area contributed by atoms with Gasteiger partial charge in [0.25, 0.3) is 0 Å². The van der Waals surface area contributed by atoms with Crippen molar-refractivity contribution < 1.29 is 13.2 Å². The number of nitrogens with one attached hydrogen (secondary N) is 1. The SMILES string of the molecule is CC(C)N1CCN(C(=O)[C@H]2CC[C@H](NS(=O)(=O)c3ccc(Cl)c(Cl)c3)CC2)CC1.